The van der Waals surface area contributed by atoms with Gasteiger partial charge in [-0.1, -0.05) is 32.8 Å². The van der Waals surface area contributed by atoms with Gasteiger partial charge in [0, 0.05) is 12.2 Å². The van der Waals surface area contributed by atoms with Crippen LogP contribution >= 0.6 is 0 Å². The highest BCUT2D eigenvalue weighted by Crippen LogP contribution is 2.11. The Morgan fingerprint density at radius 3 is 2.86 bits per heavy atom. The predicted molar refractivity (Wildman–Crippen MR) is 87.3 cm³/mol. The highest BCUT2D eigenvalue weighted by atomic mass is 16.5. The lowest BCUT2D eigenvalue weighted by atomic mass is 10.0. The number of benzene rings is 1. The maximum atomic E-state index is 11.7. The predicted octanol–water partition coefficient (Wildman–Crippen LogP) is 3.23. The Hall–Kier alpha value is -1.55. The molecule has 0 aliphatic heterocycles. The second-order valence-electron chi connectivity index (χ2n) is 5.55. The molecule has 4 nitrogen and oxygen atoms in total. The molecule has 1 atom stereocenters. The number of carbonyl (C=O) groups is 1. The smallest absolute Gasteiger partial charge is 0.338 e. The van der Waals surface area contributed by atoms with Crippen LogP contribution in [0.1, 0.15) is 49.9 Å². The van der Waals surface area contributed by atoms with Crippen molar-refractivity contribution in [1.82, 2.24) is 5.32 Å². The first-order chi connectivity index (χ1) is 10.1. The minimum absolute atomic E-state index is 0.319. The monoisotopic (exact) mass is 292 g/mol. The van der Waals surface area contributed by atoms with Gasteiger partial charge in [-0.25, -0.2) is 4.79 Å². The van der Waals surface area contributed by atoms with Crippen LogP contribution in [0.2, 0.25) is 0 Å². The summed E-state index contributed by atoms with van der Waals surface area (Å²) < 4.78 is 5.19. The lowest BCUT2D eigenvalue weighted by Crippen LogP contribution is -2.22. The summed E-state index contributed by atoms with van der Waals surface area (Å²) >= 11 is 0. The van der Waals surface area contributed by atoms with Crippen LogP contribution < -0.4 is 11.1 Å². The Balaban J connectivity index is 2.05. The molecule has 4 heteroatoms. The SMILES string of the molecule is CCC[C@H](C)CCCNCCOC(=O)c1cccc(N)c1. The number of anilines is 1. The summed E-state index contributed by atoms with van der Waals surface area (Å²) in [5, 5.41) is 3.30. The van der Waals surface area contributed by atoms with Crippen molar-refractivity contribution in [2.24, 2.45) is 5.92 Å². The fourth-order valence-corrected chi connectivity index (χ4v) is 2.30. The molecule has 1 aromatic rings. The van der Waals surface area contributed by atoms with Gasteiger partial charge in [0.25, 0.3) is 0 Å². The van der Waals surface area contributed by atoms with E-state index in [0.29, 0.717) is 24.4 Å². The number of carbonyl (C=O) groups excluding carboxylic acids is 1. The first-order valence-electron chi connectivity index (χ1n) is 7.87. The van der Waals surface area contributed by atoms with Crippen molar-refractivity contribution >= 4 is 11.7 Å². The zero-order chi connectivity index (χ0) is 15.5. The van der Waals surface area contributed by atoms with Gasteiger partial charge in [0.1, 0.15) is 6.61 Å². The highest BCUT2D eigenvalue weighted by Gasteiger charge is 2.06. The number of hydrogen-bond acceptors (Lipinski definition) is 4. The highest BCUT2D eigenvalue weighted by molar-refractivity contribution is 5.90. The Bertz CT molecular complexity index is 421. The molecule has 118 valence electrons. The Kier molecular flexibility index (Phi) is 8.51. The van der Waals surface area contributed by atoms with E-state index in [1.807, 2.05) is 0 Å². The Morgan fingerprint density at radius 2 is 2.14 bits per heavy atom. The van der Waals surface area contributed by atoms with Gasteiger partial charge in [-0.2, -0.15) is 0 Å². The molecule has 0 fully saturated rings. The molecule has 21 heavy (non-hydrogen) atoms. The third-order valence-corrected chi connectivity index (χ3v) is 3.47. The molecule has 3 N–H and O–H groups in total. The van der Waals surface area contributed by atoms with Gasteiger partial charge in [-0.15, -0.1) is 0 Å². The van der Waals surface area contributed by atoms with Crippen LogP contribution in [-0.4, -0.2) is 25.7 Å². The molecule has 0 aliphatic carbocycles. The zero-order valence-electron chi connectivity index (χ0n) is 13.2. The van der Waals surface area contributed by atoms with Crippen LogP contribution in [-0.2, 0) is 4.74 Å². The van der Waals surface area contributed by atoms with Crippen molar-refractivity contribution in [3.8, 4) is 0 Å². The molecule has 0 bridgehead atoms. The number of esters is 1. The molecule has 0 unspecified atom stereocenters. The summed E-state index contributed by atoms with van der Waals surface area (Å²) in [6.07, 6.45) is 4.99. The van der Waals surface area contributed by atoms with E-state index in [2.05, 4.69) is 19.2 Å². The van der Waals surface area contributed by atoms with Crippen LogP contribution in [0.15, 0.2) is 24.3 Å². The molecule has 0 saturated heterocycles. The quantitative estimate of drug-likeness (QED) is 0.395. The summed E-state index contributed by atoms with van der Waals surface area (Å²) in [6.45, 7) is 6.58. The first-order valence-corrected chi connectivity index (χ1v) is 7.87. The third-order valence-electron chi connectivity index (χ3n) is 3.47. The lowest BCUT2D eigenvalue weighted by molar-refractivity contribution is 0.0508. The van der Waals surface area contributed by atoms with Gasteiger partial charge in [0.2, 0.25) is 0 Å². The van der Waals surface area contributed by atoms with Gasteiger partial charge >= 0.3 is 5.97 Å². The van der Waals surface area contributed by atoms with Crippen LogP contribution in [0.25, 0.3) is 0 Å². The Morgan fingerprint density at radius 1 is 1.33 bits per heavy atom. The van der Waals surface area contributed by atoms with E-state index in [-0.39, 0.29) is 5.97 Å². The summed E-state index contributed by atoms with van der Waals surface area (Å²) in [5.74, 6) is 0.485. The molecule has 1 aromatic carbocycles. The molecule has 0 amide bonds. The molecule has 0 aliphatic rings. The van der Waals surface area contributed by atoms with Crippen LogP contribution in [0.5, 0.6) is 0 Å². The average molecular weight is 292 g/mol. The molecule has 0 radical (unpaired) electrons. The Labute approximate surface area is 128 Å². The molecule has 0 spiro atoms. The zero-order valence-corrected chi connectivity index (χ0v) is 13.2. The van der Waals surface area contributed by atoms with Crippen molar-refractivity contribution < 1.29 is 9.53 Å². The molecule has 1 rings (SSSR count). The first kappa shape index (κ1) is 17.5. The minimum Gasteiger partial charge on any atom is -0.461 e. The van der Waals surface area contributed by atoms with Crippen molar-refractivity contribution in [2.45, 2.75) is 39.5 Å². The van der Waals surface area contributed by atoms with E-state index in [9.17, 15) is 4.79 Å². The van der Waals surface area contributed by atoms with Gasteiger partial charge in [-0.3, -0.25) is 0 Å². The van der Waals surface area contributed by atoms with Gasteiger partial charge in [0.15, 0.2) is 0 Å². The third kappa shape index (κ3) is 7.71. The van der Waals surface area contributed by atoms with E-state index in [1.165, 1.54) is 25.7 Å². The lowest BCUT2D eigenvalue weighted by Gasteiger charge is -2.10. The van der Waals surface area contributed by atoms with Gasteiger partial charge in [-0.05, 0) is 43.5 Å². The topological polar surface area (TPSA) is 64.3 Å². The van der Waals surface area contributed by atoms with Crippen molar-refractivity contribution in [1.29, 1.82) is 0 Å². The van der Waals surface area contributed by atoms with Gasteiger partial charge in [0.05, 0.1) is 5.56 Å². The van der Waals surface area contributed by atoms with Crippen molar-refractivity contribution in [3.63, 3.8) is 0 Å². The van der Waals surface area contributed by atoms with Gasteiger partial charge < -0.3 is 15.8 Å². The average Bonchev–Trinajstić information content (AvgIpc) is 2.46. The number of ether oxygens (including phenoxy) is 1. The summed E-state index contributed by atoms with van der Waals surface area (Å²) in [7, 11) is 0. The van der Waals surface area contributed by atoms with E-state index in [0.717, 1.165) is 12.5 Å². The molecule has 0 aromatic heterocycles. The summed E-state index contributed by atoms with van der Waals surface area (Å²) in [5.41, 5.74) is 6.71. The summed E-state index contributed by atoms with van der Waals surface area (Å²) in [6, 6.07) is 6.84. The minimum atomic E-state index is -0.319. The van der Waals surface area contributed by atoms with Crippen molar-refractivity contribution in [2.75, 3.05) is 25.4 Å². The van der Waals surface area contributed by atoms with E-state index < -0.39 is 0 Å². The molecule has 0 heterocycles. The summed E-state index contributed by atoms with van der Waals surface area (Å²) in [4.78, 5) is 11.7. The number of rotatable bonds is 10. The molecular weight excluding hydrogens is 264 g/mol. The van der Waals surface area contributed by atoms with E-state index in [1.54, 1.807) is 24.3 Å². The van der Waals surface area contributed by atoms with Crippen LogP contribution in [0.4, 0.5) is 5.69 Å². The number of nitrogens with one attached hydrogen (secondary N) is 1. The standard InChI is InChI=1S/C17H28N2O2/c1-3-6-14(2)7-5-10-19-11-12-21-17(20)15-8-4-9-16(18)13-15/h4,8-9,13-14,19H,3,5-7,10-12,18H2,1-2H3/t14-/m0/s1. The second kappa shape index (κ2) is 10.2. The molecule has 0 saturated carbocycles. The van der Waals surface area contributed by atoms with E-state index >= 15 is 0 Å². The number of nitrogens with two attached hydrogens (primary N) is 1. The van der Waals surface area contributed by atoms with Crippen LogP contribution in [0, 0.1) is 5.92 Å². The van der Waals surface area contributed by atoms with Crippen molar-refractivity contribution in [3.05, 3.63) is 29.8 Å². The van der Waals surface area contributed by atoms with E-state index in [4.69, 9.17) is 10.5 Å². The normalized spacial score (nSPS) is 12.1. The largest absolute Gasteiger partial charge is 0.461 e. The number of hydrogen-bond donors (Lipinski definition) is 2. The number of nitrogen functional groups attached to an aromatic ring is 1. The molecular formula is C17H28N2O2. The maximum absolute atomic E-state index is 11.7. The second-order valence-corrected chi connectivity index (χ2v) is 5.55. The van der Waals surface area contributed by atoms with Crippen LogP contribution in [0.3, 0.4) is 0 Å². The fourth-order valence-electron chi connectivity index (χ4n) is 2.30. The maximum Gasteiger partial charge on any atom is 0.338 e. The fraction of sp³-hybridized carbons (Fsp3) is 0.588.